The van der Waals surface area contributed by atoms with Gasteiger partial charge in [0.2, 0.25) is 10.0 Å². The van der Waals surface area contributed by atoms with Gasteiger partial charge in [-0.15, -0.1) is 6.58 Å². The van der Waals surface area contributed by atoms with Crippen molar-refractivity contribution in [1.82, 2.24) is 5.32 Å². The Hall–Kier alpha value is -3.33. The molecule has 2 N–H and O–H groups in total. The quantitative estimate of drug-likeness (QED) is 0.630. The van der Waals surface area contributed by atoms with Gasteiger partial charge in [0.25, 0.3) is 11.8 Å². The fourth-order valence-electron chi connectivity index (χ4n) is 3.43. The topological polar surface area (TPSA) is 105 Å². The Morgan fingerprint density at radius 2 is 1.91 bits per heavy atom. The lowest BCUT2D eigenvalue weighted by Crippen LogP contribution is -2.48. The highest BCUT2D eigenvalue weighted by atomic mass is 32.2. The number of amides is 2. The number of hydrogen-bond donors (Lipinski definition) is 2. The number of ether oxygens (including phenoxy) is 1. The van der Waals surface area contributed by atoms with Gasteiger partial charge in [-0.1, -0.05) is 45.0 Å². The van der Waals surface area contributed by atoms with E-state index in [-0.39, 0.29) is 30.0 Å². The third kappa shape index (κ3) is 5.54. The van der Waals surface area contributed by atoms with Gasteiger partial charge in [0, 0.05) is 6.54 Å². The second-order valence-electron chi connectivity index (χ2n) is 8.87. The summed E-state index contributed by atoms with van der Waals surface area (Å²) in [6, 6.07) is 11.9. The molecule has 0 saturated carbocycles. The molecule has 176 valence electrons. The summed E-state index contributed by atoms with van der Waals surface area (Å²) in [6.45, 7) is 9.75. The van der Waals surface area contributed by atoms with Gasteiger partial charge in [0.15, 0.2) is 6.10 Å². The van der Waals surface area contributed by atoms with Crippen LogP contribution in [0.1, 0.15) is 36.7 Å². The molecule has 0 radical (unpaired) electrons. The molecule has 2 aromatic carbocycles. The summed E-state index contributed by atoms with van der Waals surface area (Å²) in [7, 11) is -3.67. The van der Waals surface area contributed by atoms with Crippen LogP contribution < -0.4 is 19.7 Å². The van der Waals surface area contributed by atoms with E-state index in [4.69, 9.17) is 4.74 Å². The van der Waals surface area contributed by atoms with E-state index >= 15 is 0 Å². The second-order valence-corrected chi connectivity index (χ2v) is 10.8. The van der Waals surface area contributed by atoms with Crippen molar-refractivity contribution in [1.29, 1.82) is 0 Å². The van der Waals surface area contributed by atoms with E-state index in [9.17, 15) is 18.0 Å². The largest absolute Gasteiger partial charge is 0.476 e. The molecule has 2 aromatic rings. The highest BCUT2D eigenvalue weighted by molar-refractivity contribution is 7.92. The van der Waals surface area contributed by atoms with E-state index in [0.717, 1.165) is 11.8 Å². The van der Waals surface area contributed by atoms with Crippen LogP contribution in [0.4, 0.5) is 11.4 Å². The molecular weight excluding hydrogens is 442 g/mol. The third-order valence-corrected chi connectivity index (χ3v) is 6.37. The Labute approximate surface area is 194 Å². The van der Waals surface area contributed by atoms with Gasteiger partial charge in [-0.2, -0.15) is 0 Å². The van der Waals surface area contributed by atoms with Crippen molar-refractivity contribution in [2.45, 2.75) is 32.3 Å². The molecule has 9 heteroatoms. The number of hydrogen-bond acceptors (Lipinski definition) is 5. The average Bonchev–Trinajstić information content (AvgIpc) is 2.75. The van der Waals surface area contributed by atoms with Crippen LogP contribution in [-0.2, 0) is 20.2 Å². The smallest absolute Gasteiger partial charge is 0.267 e. The first-order valence-corrected chi connectivity index (χ1v) is 12.3. The van der Waals surface area contributed by atoms with Gasteiger partial charge in [-0.3, -0.25) is 13.9 Å². The third-order valence-electron chi connectivity index (χ3n) is 5.22. The number of nitrogens with zero attached hydrogens (tertiary/aromatic N) is 1. The Bertz CT molecular complexity index is 1180. The van der Waals surface area contributed by atoms with Gasteiger partial charge in [0.1, 0.15) is 5.75 Å². The number of carbonyl (C=O) groups excluding carboxylic acids is 2. The van der Waals surface area contributed by atoms with Gasteiger partial charge >= 0.3 is 0 Å². The van der Waals surface area contributed by atoms with Crippen molar-refractivity contribution in [3.05, 3.63) is 66.2 Å². The fourth-order valence-corrected chi connectivity index (χ4v) is 4.34. The number of sulfonamides is 1. The molecule has 1 unspecified atom stereocenters. The fraction of sp³-hybridized carbons (Fsp3) is 0.333. The molecule has 1 aliphatic rings. The molecule has 0 aliphatic carbocycles. The Morgan fingerprint density at radius 3 is 2.55 bits per heavy atom. The van der Waals surface area contributed by atoms with Crippen molar-refractivity contribution >= 4 is 33.2 Å². The molecular formula is C24H29N3O5S. The number of carbonyl (C=O) groups is 2. The number of para-hydroxylation sites is 1. The SMILES string of the molecule is C=CCNC(=O)c1ccccc1NC(=O)C1CN(S(C)(=O)=O)c2cc(C(C)(C)C)ccc2O1. The molecule has 33 heavy (non-hydrogen) atoms. The summed E-state index contributed by atoms with van der Waals surface area (Å²) in [5.41, 5.74) is 1.73. The van der Waals surface area contributed by atoms with Gasteiger partial charge in [-0.05, 0) is 35.2 Å². The first-order chi connectivity index (χ1) is 15.4. The number of benzene rings is 2. The molecule has 3 rings (SSSR count). The van der Waals surface area contributed by atoms with Crippen LogP contribution >= 0.6 is 0 Å². The summed E-state index contributed by atoms with van der Waals surface area (Å²) in [4.78, 5) is 25.5. The zero-order valence-electron chi connectivity index (χ0n) is 19.2. The van der Waals surface area contributed by atoms with Crippen LogP contribution in [0.2, 0.25) is 0 Å². The maximum Gasteiger partial charge on any atom is 0.267 e. The molecule has 2 amide bonds. The Morgan fingerprint density at radius 1 is 1.21 bits per heavy atom. The zero-order valence-corrected chi connectivity index (χ0v) is 20.0. The minimum atomic E-state index is -3.67. The van der Waals surface area contributed by atoms with Crippen molar-refractivity contribution in [2.75, 3.05) is 29.0 Å². The van der Waals surface area contributed by atoms with Gasteiger partial charge in [0.05, 0.1) is 29.7 Å². The van der Waals surface area contributed by atoms with E-state index < -0.39 is 22.0 Å². The van der Waals surface area contributed by atoms with Crippen molar-refractivity contribution in [2.24, 2.45) is 0 Å². The summed E-state index contributed by atoms with van der Waals surface area (Å²) in [6.07, 6.45) is 1.55. The van der Waals surface area contributed by atoms with Gasteiger partial charge in [-0.25, -0.2) is 8.42 Å². The van der Waals surface area contributed by atoms with Crippen LogP contribution in [-0.4, -0.2) is 45.7 Å². The number of rotatable bonds is 6. The summed E-state index contributed by atoms with van der Waals surface area (Å²) in [5, 5.41) is 5.38. The summed E-state index contributed by atoms with van der Waals surface area (Å²) in [5.74, 6) is -0.622. The van der Waals surface area contributed by atoms with Crippen LogP contribution in [0.3, 0.4) is 0 Å². The molecule has 1 heterocycles. The standard InChI is InChI=1S/C24H29N3O5S/c1-6-13-25-22(28)17-9-7-8-10-18(17)26-23(29)21-15-27(33(5,30)31)19-14-16(24(2,3)4)11-12-20(19)32-21/h6-12,14,21H,1,13,15H2,2-5H3,(H,25,28)(H,26,29). The normalized spacial score (nSPS) is 15.8. The first-order valence-electron chi connectivity index (χ1n) is 10.5. The number of nitrogens with one attached hydrogen (secondary N) is 2. The molecule has 0 saturated heterocycles. The minimum Gasteiger partial charge on any atom is -0.476 e. The highest BCUT2D eigenvalue weighted by Crippen LogP contribution is 2.38. The molecule has 0 fully saturated rings. The van der Waals surface area contributed by atoms with Crippen molar-refractivity contribution < 1.29 is 22.7 Å². The molecule has 0 spiro atoms. The minimum absolute atomic E-state index is 0.184. The van der Waals surface area contributed by atoms with Crippen molar-refractivity contribution in [3.63, 3.8) is 0 Å². The van der Waals surface area contributed by atoms with E-state index in [1.165, 1.54) is 4.31 Å². The lowest BCUT2D eigenvalue weighted by atomic mass is 9.86. The monoisotopic (exact) mass is 471 g/mol. The summed E-state index contributed by atoms with van der Waals surface area (Å²) >= 11 is 0. The van der Waals surface area contributed by atoms with E-state index in [1.807, 2.05) is 26.8 Å². The zero-order chi connectivity index (χ0) is 24.4. The summed E-state index contributed by atoms with van der Waals surface area (Å²) < 4.78 is 32.2. The average molecular weight is 472 g/mol. The first kappa shape index (κ1) is 24.3. The van der Waals surface area contributed by atoms with E-state index in [0.29, 0.717) is 17.1 Å². The lowest BCUT2D eigenvalue weighted by Gasteiger charge is -2.35. The van der Waals surface area contributed by atoms with Gasteiger partial charge < -0.3 is 15.4 Å². The predicted octanol–water partition coefficient (Wildman–Crippen LogP) is 3.07. The molecule has 8 nitrogen and oxygen atoms in total. The highest BCUT2D eigenvalue weighted by Gasteiger charge is 2.36. The van der Waals surface area contributed by atoms with Crippen molar-refractivity contribution in [3.8, 4) is 5.75 Å². The number of anilines is 2. The van der Waals surface area contributed by atoms with Crippen LogP contribution in [0.15, 0.2) is 55.1 Å². The maximum absolute atomic E-state index is 13.1. The molecule has 0 aromatic heterocycles. The second kappa shape index (κ2) is 9.27. The molecule has 1 atom stereocenters. The Kier molecular flexibility index (Phi) is 6.83. The maximum atomic E-state index is 13.1. The van der Waals surface area contributed by atoms with Crippen LogP contribution in [0.25, 0.3) is 0 Å². The Balaban J connectivity index is 1.90. The van der Waals surface area contributed by atoms with Crippen LogP contribution in [0, 0.1) is 0 Å². The van der Waals surface area contributed by atoms with E-state index in [2.05, 4.69) is 17.2 Å². The lowest BCUT2D eigenvalue weighted by molar-refractivity contribution is -0.122. The predicted molar refractivity (Wildman–Crippen MR) is 129 cm³/mol. The van der Waals surface area contributed by atoms with E-state index in [1.54, 1.807) is 42.5 Å². The number of fused-ring (bicyclic) bond motifs is 1. The van der Waals surface area contributed by atoms with Crippen LogP contribution in [0.5, 0.6) is 5.75 Å². The molecule has 1 aliphatic heterocycles. The molecule has 0 bridgehead atoms.